The van der Waals surface area contributed by atoms with Crippen LogP contribution in [0.5, 0.6) is 0 Å². The predicted octanol–water partition coefficient (Wildman–Crippen LogP) is 3.29. The van der Waals surface area contributed by atoms with Crippen LogP contribution in [0, 0.1) is 0 Å². The summed E-state index contributed by atoms with van der Waals surface area (Å²) >= 11 is 0. The van der Waals surface area contributed by atoms with Crippen LogP contribution in [0.2, 0.25) is 6.55 Å². The molecular weight excluding hydrogens is 360 g/mol. The van der Waals surface area contributed by atoms with Gasteiger partial charge in [-0.1, -0.05) is 18.9 Å². The van der Waals surface area contributed by atoms with Crippen LogP contribution in [-0.4, -0.2) is 52.6 Å². The van der Waals surface area contributed by atoms with Crippen LogP contribution >= 0.6 is 0 Å². The van der Waals surface area contributed by atoms with Gasteiger partial charge < -0.3 is 25.9 Å². The molecule has 0 saturated carbocycles. The maximum absolute atomic E-state index is 6.26. The molecule has 140 valence electrons. The summed E-state index contributed by atoms with van der Waals surface area (Å²) in [5, 5.41) is 0. The highest BCUT2D eigenvalue weighted by Gasteiger charge is 2.54. The highest BCUT2D eigenvalue weighted by Crippen LogP contribution is 2.26. The monoisotopic (exact) mass is 392 g/mol. The van der Waals surface area contributed by atoms with Gasteiger partial charge in [0, 0.05) is 26.4 Å². The van der Waals surface area contributed by atoms with Gasteiger partial charge >= 0.3 is 26.2 Å². The lowest BCUT2D eigenvalue weighted by molar-refractivity contribution is 0.0805. The third-order valence-corrected chi connectivity index (χ3v) is 12.7. The van der Waals surface area contributed by atoms with Crippen LogP contribution in [-0.2, 0) is 25.9 Å². The zero-order valence-electron chi connectivity index (χ0n) is 15.6. The molecule has 0 N–H and O–H groups in total. The minimum Gasteiger partial charge on any atom is -0.392 e. The van der Waals surface area contributed by atoms with Gasteiger partial charge in [-0.25, -0.2) is 0 Å². The fourth-order valence-corrected chi connectivity index (χ4v) is 11.2. The van der Waals surface area contributed by atoms with E-state index >= 15 is 0 Å². The Morgan fingerprint density at radius 2 is 1.04 bits per heavy atom. The third kappa shape index (κ3) is 6.86. The second-order valence-corrected chi connectivity index (χ2v) is 13.2. The Balaban J connectivity index is 5.74. The van der Waals surface area contributed by atoms with Gasteiger partial charge in [-0.3, -0.25) is 0 Å². The zero-order valence-corrected chi connectivity index (χ0v) is 18.6. The summed E-state index contributed by atoms with van der Waals surface area (Å²) in [6, 6.07) is 0. The molecule has 0 aromatic carbocycles. The van der Waals surface area contributed by atoms with E-state index < -0.39 is 26.2 Å². The van der Waals surface area contributed by atoms with E-state index in [4.69, 9.17) is 25.9 Å². The maximum Gasteiger partial charge on any atom is 0.521 e. The second kappa shape index (κ2) is 11.3. The van der Waals surface area contributed by atoms with Crippen molar-refractivity contribution >= 4 is 26.2 Å². The van der Waals surface area contributed by atoms with Crippen molar-refractivity contribution < 1.29 is 25.9 Å². The number of rotatable bonds is 15. The summed E-state index contributed by atoms with van der Waals surface area (Å²) in [5.41, 5.74) is 4.86. The van der Waals surface area contributed by atoms with Crippen molar-refractivity contribution in [3.63, 3.8) is 0 Å². The molecule has 2 unspecified atom stereocenters. The van der Waals surface area contributed by atoms with E-state index in [-0.39, 0.29) is 0 Å². The molecule has 0 bridgehead atoms. The fraction of sp³-hybridized carbons (Fsp3) is 0.600. The highest BCUT2D eigenvalue weighted by molar-refractivity contribution is 6.87. The Morgan fingerprint density at radius 3 is 1.38 bits per heavy atom. The van der Waals surface area contributed by atoms with Gasteiger partial charge in [-0.05, 0) is 45.6 Å². The highest BCUT2D eigenvalue weighted by atomic mass is 28.5. The van der Waals surface area contributed by atoms with Crippen LogP contribution in [0.4, 0.5) is 0 Å². The molecule has 0 aliphatic heterocycles. The summed E-state index contributed by atoms with van der Waals surface area (Å²) < 4.78 is 35.7. The van der Waals surface area contributed by atoms with Gasteiger partial charge in [0.1, 0.15) is 0 Å². The fourth-order valence-electron chi connectivity index (χ4n) is 1.98. The van der Waals surface area contributed by atoms with Crippen LogP contribution in [0.1, 0.15) is 27.7 Å². The molecule has 2 atom stereocenters. The van der Waals surface area contributed by atoms with Crippen molar-refractivity contribution in [2.45, 2.75) is 34.2 Å². The predicted molar refractivity (Wildman–Crippen MR) is 102 cm³/mol. The maximum atomic E-state index is 6.26. The smallest absolute Gasteiger partial charge is 0.392 e. The summed E-state index contributed by atoms with van der Waals surface area (Å²) in [4.78, 5) is 0. The molecule has 0 saturated heterocycles. The SMILES string of the molecule is C=C[Si](C)(OCC)O[Si](C=C)(OCC)O[Si](C=C)(OCC)OCC. The average molecular weight is 393 g/mol. The number of hydrogen-bond donors (Lipinski definition) is 0. The Morgan fingerprint density at radius 1 is 0.625 bits per heavy atom. The van der Waals surface area contributed by atoms with Crippen LogP contribution in [0.3, 0.4) is 0 Å². The Hall–Kier alpha value is -0.369. The average Bonchev–Trinajstić information content (AvgIpc) is 2.55. The molecule has 0 aliphatic carbocycles. The van der Waals surface area contributed by atoms with Gasteiger partial charge in [-0.15, -0.1) is 6.58 Å². The molecule has 0 amide bonds. The van der Waals surface area contributed by atoms with Crippen molar-refractivity contribution in [1.29, 1.82) is 0 Å². The van der Waals surface area contributed by atoms with E-state index in [1.54, 1.807) is 17.1 Å². The summed E-state index contributed by atoms with van der Waals surface area (Å²) in [5.74, 6) is 0. The molecular formula is C15H32O6Si3. The first-order valence-electron chi connectivity index (χ1n) is 8.21. The lowest BCUT2D eigenvalue weighted by atomic mass is 10.9. The van der Waals surface area contributed by atoms with E-state index in [0.29, 0.717) is 26.4 Å². The van der Waals surface area contributed by atoms with Crippen LogP contribution in [0.15, 0.2) is 36.8 Å². The molecule has 0 rings (SSSR count). The molecule has 0 fully saturated rings. The third-order valence-electron chi connectivity index (χ3n) is 2.97. The Labute approximate surface area is 150 Å². The van der Waals surface area contributed by atoms with Crippen molar-refractivity contribution in [2.75, 3.05) is 26.4 Å². The molecule has 0 aromatic rings. The van der Waals surface area contributed by atoms with Crippen molar-refractivity contribution in [2.24, 2.45) is 0 Å². The zero-order chi connectivity index (χ0) is 18.7. The Kier molecular flexibility index (Phi) is 11.1. The first-order valence-corrected chi connectivity index (χ1v) is 14.2. The quantitative estimate of drug-likeness (QED) is 0.399. The standard InChI is InChI=1S/C15H32O6Si3/c1-9-16-22(8,13-5)20-24(15-7,19-12-4)21-23(14-6,17-10-2)18-11-3/h13-15H,5-7,9-12H2,1-4,8H3. The normalized spacial score (nSPS) is 16.9. The lowest BCUT2D eigenvalue weighted by Crippen LogP contribution is -2.61. The van der Waals surface area contributed by atoms with E-state index in [1.165, 1.54) is 0 Å². The van der Waals surface area contributed by atoms with E-state index in [2.05, 4.69) is 19.7 Å². The molecule has 9 heteroatoms. The number of hydrogen-bond acceptors (Lipinski definition) is 6. The summed E-state index contributed by atoms with van der Waals surface area (Å²) in [6.45, 7) is 22.7. The van der Waals surface area contributed by atoms with Gasteiger partial charge in [-0.2, -0.15) is 0 Å². The largest absolute Gasteiger partial charge is 0.521 e. The summed E-state index contributed by atoms with van der Waals surface area (Å²) in [6.07, 6.45) is 0. The minimum absolute atomic E-state index is 0.395. The molecule has 0 aliphatic rings. The summed E-state index contributed by atoms with van der Waals surface area (Å²) in [7, 11) is -9.18. The minimum atomic E-state index is -3.32. The van der Waals surface area contributed by atoms with E-state index in [0.717, 1.165) is 0 Å². The van der Waals surface area contributed by atoms with Crippen molar-refractivity contribution in [3.05, 3.63) is 36.8 Å². The molecule has 0 radical (unpaired) electrons. The topological polar surface area (TPSA) is 55.4 Å². The van der Waals surface area contributed by atoms with Gasteiger partial charge in [0.05, 0.1) is 0 Å². The second-order valence-electron chi connectivity index (χ2n) is 4.77. The van der Waals surface area contributed by atoms with Gasteiger partial charge in [0.2, 0.25) is 0 Å². The molecule has 6 nitrogen and oxygen atoms in total. The first kappa shape index (κ1) is 23.6. The van der Waals surface area contributed by atoms with E-state index in [1.807, 2.05) is 34.2 Å². The molecule has 0 aromatic heterocycles. The Bertz CT molecular complexity index is 403. The van der Waals surface area contributed by atoms with Crippen molar-refractivity contribution in [1.82, 2.24) is 0 Å². The van der Waals surface area contributed by atoms with Gasteiger partial charge in [0.15, 0.2) is 0 Å². The molecule has 0 heterocycles. The first-order chi connectivity index (χ1) is 11.3. The van der Waals surface area contributed by atoms with E-state index in [9.17, 15) is 0 Å². The van der Waals surface area contributed by atoms with Crippen LogP contribution < -0.4 is 0 Å². The molecule has 24 heavy (non-hydrogen) atoms. The van der Waals surface area contributed by atoms with Gasteiger partial charge in [0.25, 0.3) is 0 Å². The lowest BCUT2D eigenvalue weighted by Gasteiger charge is -2.38. The van der Waals surface area contributed by atoms with Crippen LogP contribution in [0.25, 0.3) is 0 Å². The molecule has 0 spiro atoms. The van der Waals surface area contributed by atoms with Crippen molar-refractivity contribution in [3.8, 4) is 0 Å².